The molecule has 0 atom stereocenters. The molecule has 0 radical (unpaired) electrons. The van der Waals surface area contributed by atoms with Crippen LogP contribution in [0.1, 0.15) is 17.1 Å². The Morgan fingerprint density at radius 2 is 1.70 bits per heavy atom. The van der Waals surface area contributed by atoms with E-state index >= 15 is 0 Å². The maximum absolute atomic E-state index is 5.25. The monoisotopic (exact) mass is 261 g/mol. The first kappa shape index (κ1) is 12.1. The Morgan fingerprint density at radius 1 is 0.950 bits per heavy atom. The molecule has 0 saturated carbocycles. The first-order valence-electron chi connectivity index (χ1n) is 6.15. The fraction of sp³-hybridized carbons (Fsp3) is 0.0625. The Morgan fingerprint density at radius 3 is 2.45 bits per heavy atom. The van der Waals surface area contributed by atoms with Crippen LogP contribution in [0.5, 0.6) is 0 Å². The van der Waals surface area contributed by atoms with Crippen LogP contribution >= 0.6 is 0 Å². The first-order chi connectivity index (χ1) is 9.84. The molecule has 3 aromatic rings. The summed E-state index contributed by atoms with van der Waals surface area (Å²) >= 11 is 0. The fourth-order valence-corrected chi connectivity index (χ4v) is 1.79. The van der Waals surface area contributed by atoms with Crippen molar-refractivity contribution < 1.29 is 4.52 Å². The van der Waals surface area contributed by atoms with Crippen LogP contribution in [0.15, 0.2) is 53.3 Å². The molecule has 0 aliphatic rings. The summed E-state index contributed by atoms with van der Waals surface area (Å²) < 4.78 is 5.25. The van der Waals surface area contributed by atoms with E-state index in [1.165, 1.54) is 0 Å². The summed E-state index contributed by atoms with van der Waals surface area (Å²) in [6.07, 6.45) is 3.32. The Bertz CT molecular complexity index is 768. The van der Waals surface area contributed by atoms with E-state index in [1.54, 1.807) is 18.5 Å². The summed E-state index contributed by atoms with van der Waals surface area (Å²) in [5, 5.41) is 4.08. The molecular formula is C16H11N3O. The van der Waals surface area contributed by atoms with Crippen molar-refractivity contribution in [2.45, 2.75) is 6.92 Å². The van der Waals surface area contributed by atoms with Crippen molar-refractivity contribution >= 4 is 0 Å². The number of aromatic nitrogens is 3. The molecule has 0 N–H and O–H groups in total. The molecule has 96 valence electrons. The van der Waals surface area contributed by atoms with Gasteiger partial charge in [-0.2, -0.15) is 0 Å². The van der Waals surface area contributed by atoms with Gasteiger partial charge in [0, 0.05) is 18.0 Å². The molecule has 1 aromatic carbocycles. The van der Waals surface area contributed by atoms with E-state index in [1.807, 2.05) is 37.3 Å². The molecule has 0 bridgehead atoms. The predicted molar refractivity (Wildman–Crippen MR) is 74.7 cm³/mol. The van der Waals surface area contributed by atoms with Gasteiger partial charge in [-0.15, -0.1) is 0 Å². The third-order valence-electron chi connectivity index (χ3n) is 2.78. The minimum absolute atomic E-state index is 0.479. The molecule has 20 heavy (non-hydrogen) atoms. The van der Waals surface area contributed by atoms with Crippen LogP contribution in [0, 0.1) is 18.8 Å². The molecule has 4 nitrogen and oxygen atoms in total. The maximum Gasteiger partial charge on any atom is 0.205 e. The first-order valence-corrected chi connectivity index (χ1v) is 6.15. The molecule has 0 spiro atoms. The van der Waals surface area contributed by atoms with Gasteiger partial charge in [-0.25, -0.2) is 9.97 Å². The Balaban J connectivity index is 2.03. The van der Waals surface area contributed by atoms with Crippen molar-refractivity contribution in [3.63, 3.8) is 0 Å². The van der Waals surface area contributed by atoms with E-state index in [9.17, 15) is 0 Å². The van der Waals surface area contributed by atoms with Gasteiger partial charge in [0.1, 0.15) is 11.5 Å². The summed E-state index contributed by atoms with van der Waals surface area (Å²) in [6.45, 7) is 1.84. The van der Waals surface area contributed by atoms with Crippen LogP contribution in [-0.2, 0) is 0 Å². The molecule has 2 aromatic heterocycles. The SMILES string of the molecule is Cc1onc(-c2ccccc2)c1C#Cc1ncccn1. The highest BCUT2D eigenvalue weighted by Crippen LogP contribution is 2.23. The summed E-state index contributed by atoms with van der Waals surface area (Å²) in [4.78, 5) is 8.15. The smallest absolute Gasteiger partial charge is 0.205 e. The summed E-state index contributed by atoms with van der Waals surface area (Å²) in [7, 11) is 0. The van der Waals surface area contributed by atoms with Gasteiger partial charge in [0.25, 0.3) is 0 Å². The lowest BCUT2D eigenvalue weighted by Crippen LogP contribution is -1.86. The van der Waals surface area contributed by atoms with E-state index < -0.39 is 0 Å². The van der Waals surface area contributed by atoms with Gasteiger partial charge >= 0.3 is 0 Å². The van der Waals surface area contributed by atoms with E-state index in [0.29, 0.717) is 11.6 Å². The maximum atomic E-state index is 5.25. The van der Waals surface area contributed by atoms with Gasteiger partial charge in [0.15, 0.2) is 0 Å². The summed E-state index contributed by atoms with van der Waals surface area (Å²) in [6, 6.07) is 11.6. The van der Waals surface area contributed by atoms with Crippen LogP contribution in [0.25, 0.3) is 11.3 Å². The minimum Gasteiger partial charge on any atom is -0.360 e. The lowest BCUT2D eigenvalue weighted by molar-refractivity contribution is 0.399. The Labute approximate surface area is 116 Å². The zero-order valence-electron chi connectivity index (χ0n) is 10.9. The van der Waals surface area contributed by atoms with Gasteiger partial charge in [-0.3, -0.25) is 0 Å². The highest BCUT2D eigenvalue weighted by Gasteiger charge is 2.12. The van der Waals surface area contributed by atoms with E-state index in [-0.39, 0.29) is 0 Å². The Kier molecular flexibility index (Phi) is 3.25. The van der Waals surface area contributed by atoms with Crippen molar-refractivity contribution in [2.24, 2.45) is 0 Å². The number of benzene rings is 1. The topological polar surface area (TPSA) is 51.8 Å². The van der Waals surface area contributed by atoms with Gasteiger partial charge < -0.3 is 4.52 Å². The van der Waals surface area contributed by atoms with Crippen LogP contribution in [0.4, 0.5) is 0 Å². The zero-order chi connectivity index (χ0) is 13.8. The van der Waals surface area contributed by atoms with Crippen molar-refractivity contribution in [2.75, 3.05) is 0 Å². The molecule has 4 heteroatoms. The highest BCUT2D eigenvalue weighted by molar-refractivity contribution is 5.67. The average Bonchev–Trinajstić information content (AvgIpc) is 2.88. The second-order valence-corrected chi connectivity index (χ2v) is 4.15. The molecule has 0 fully saturated rings. The predicted octanol–water partition coefficient (Wildman–Crippen LogP) is 2.84. The quantitative estimate of drug-likeness (QED) is 0.632. The van der Waals surface area contributed by atoms with Gasteiger partial charge in [0.05, 0.1) is 5.56 Å². The number of aryl methyl sites for hydroxylation is 1. The average molecular weight is 261 g/mol. The third-order valence-corrected chi connectivity index (χ3v) is 2.78. The van der Waals surface area contributed by atoms with Crippen LogP contribution < -0.4 is 0 Å². The summed E-state index contributed by atoms with van der Waals surface area (Å²) in [5.74, 6) is 7.14. The van der Waals surface area contributed by atoms with E-state index in [2.05, 4.69) is 27.0 Å². The van der Waals surface area contributed by atoms with Crippen molar-refractivity contribution in [1.29, 1.82) is 0 Å². The van der Waals surface area contributed by atoms with Crippen molar-refractivity contribution in [3.8, 4) is 23.1 Å². The van der Waals surface area contributed by atoms with E-state index in [4.69, 9.17) is 4.52 Å². The molecule has 0 aliphatic carbocycles. The van der Waals surface area contributed by atoms with Crippen molar-refractivity contribution in [3.05, 3.63) is 65.9 Å². The molecule has 3 rings (SSSR count). The zero-order valence-corrected chi connectivity index (χ0v) is 10.9. The van der Waals surface area contributed by atoms with Gasteiger partial charge in [-0.1, -0.05) is 41.4 Å². The second-order valence-electron chi connectivity index (χ2n) is 4.15. The standard InChI is InChI=1S/C16H11N3O/c1-12-14(8-9-15-17-10-5-11-18-15)16(19-20-12)13-6-3-2-4-7-13/h2-7,10-11H,1H3. The fourth-order valence-electron chi connectivity index (χ4n) is 1.79. The minimum atomic E-state index is 0.479. The molecule has 0 aliphatic heterocycles. The number of hydrogen-bond acceptors (Lipinski definition) is 4. The number of nitrogens with zero attached hydrogens (tertiary/aromatic N) is 3. The van der Waals surface area contributed by atoms with E-state index in [0.717, 1.165) is 16.8 Å². The largest absolute Gasteiger partial charge is 0.360 e. The van der Waals surface area contributed by atoms with Crippen LogP contribution in [-0.4, -0.2) is 15.1 Å². The number of hydrogen-bond donors (Lipinski definition) is 0. The second kappa shape index (κ2) is 5.37. The van der Waals surface area contributed by atoms with Crippen LogP contribution in [0.2, 0.25) is 0 Å². The lowest BCUT2D eigenvalue weighted by atomic mass is 10.1. The molecule has 0 amide bonds. The van der Waals surface area contributed by atoms with Gasteiger partial charge in [0.2, 0.25) is 5.82 Å². The third kappa shape index (κ3) is 2.43. The van der Waals surface area contributed by atoms with Crippen molar-refractivity contribution in [1.82, 2.24) is 15.1 Å². The molecule has 0 saturated heterocycles. The number of rotatable bonds is 1. The summed E-state index contributed by atoms with van der Waals surface area (Å²) in [5.41, 5.74) is 2.48. The van der Waals surface area contributed by atoms with Gasteiger partial charge in [-0.05, 0) is 18.9 Å². The molecular weight excluding hydrogens is 250 g/mol. The molecule has 2 heterocycles. The lowest BCUT2D eigenvalue weighted by Gasteiger charge is -1.95. The van der Waals surface area contributed by atoms with Crippen LogP contribution in [0.3, 0.4) is 0 Å². The Hall–Kier alpha value is -2.93. The molecule has 0 unspecified atom stereocenters. The normalized spacial score (nSPS) is 9.85. The highest BCUT2D eigenvalue weighted by atomic mass is 16.5.